The van der Waals surface area contributed by atoms with Gasteiger partial charge in [-0.15, -0.1) is 0 Å². The van der Waals surface area contributed by atoms with Gasteiger partial charge in [0.05, 0.1) is 13.0 Å². The Bertz CT molecular complexity index is 1160. The first kappa shape index (κ1) is 25.0. The maximum absolute atomic E-state index is 14.2. The summed E-state index contributed by atoms with van der Waals surface area (Å²) >= 11 is 0. The molecule has 0 radical (unpaired) electrons. The monoisotopic (exact) mass is 470 g/mol. The van der Waals surface area contributed by atoms with E-state index in [-0.39, 0.29) is 28.6 Å². The number of ether oxygens (including phenoxy) is 2. The van der Waals surface area contributed by atoms with E-state index in [0.717, 1.165) is 35.3 Å². The zero-order chi connectivity index (χ0) is 25.4. The summed E-state index contributed by atoms with van der Waals surface area (Å²) in [6.07, 6.45) is 1.88. The third-order valence-electron chi connectivity index (χ3n) is 7.12. The van der Waals surface area contributed by atoms with Crippen molar-refractivity contribution in [3.8, 4) is 11.5 Å². The molecule has 0 saturated carbocycles. The zero-order valence-corrected chi connectivity index (χ0v) is 22.1. The van der Waals surface area contributed by atoms with Gasteiger partial charge in [-0.2, -0.15) is 0 Å². The van der Waals surface area contributed by atoms with E-state index in [1.807, 2.05) is 24.3 Å². The van der Waals surface area contributed by atoms with Crippen LogP contribution in [0.4, 0.5) is 0 Å². The van der Waals surface area contributed by atoms with E-state index >= 15 is 0 Å². The van der Waals surface area contributed by atoms with Crippen molar-refractivity contribution in [3.63, 3.8) is 0 Å². The van der Waals surface area contributed by atoms with E-state index in [1.165, 1.54) is 11.1 Å². The summed E-state index contributed by atoms with van der Waals surface area (Å²) in [5.41, 5.74) is 5.02. The first-order valence-corrected chi connectivity index (χ1v) is 12.6. The molecule has 35 heavy (non-hydrogen) atoms. The maximum Gasteiger partial charge on any atom is 0.319 e. The lowest BCUT2D eigenvalue weighted by Crippen LogP contribution is -2.31. The van der Waals surface area contributed by atoms with Crippen LogP contribution in [0.15, 0.2) is 66.7 Å². The molecule has 0 heterocycles. The summed E-state index contributed by atoms with van der Waals surface area (Å²) in [6.45, 7) is 12.9. The Hall–Kier alpha value is -3.07. The van der Waals surface area contributed by atoms with Gasteiger partial charge in [-0.05, 0) is 52.5 Å². The highest BCUT2D eigenvalue weighted by atomic mass is 16.5. The number of hydrogen-bond acceptors (Lipinski definition) is 3. The van der Waals surface area contributed by atoms with Gasteiger partial charge in [-0.25, -0.2) is 0 Å². The molecule has 4 rings (SSSR count). The van der Waals surface area contributed by atoms with Crippen molar-refractivity contribution in [3.05, 3.63) is 94.5 Å². The molecule has 0 N–H and O–H groups in total. The second kappa shape index (κ2) is 9.53. The van der Waals surface area contributed by atoms with E-state index in [0.29, 0.717) is 5.75 Å². The van der Waals surface area contributed by atoms with E-state index < -0.39 is 0 Å². The van der Waals surface area contributed by atoms with Crippen LogP contribution in [0.25, 0.3) is 0 Å². The van der Waals surface area contributed by atoms with Gasteiger partial charge in [0, 0.05) is 17.0 Å². The number of esters is 1. The molecule has 0 fully saturated rings. The maximum atomic E-state index is 14.2. The minimum Gasteiger partial charge on any atom is -0.497 e. The van der Waals surface area contributed by atoms with Crippen molar-refractivity contribution in [2.24, 2.45) is 0 Å². The fourth-order valence-corrected chi connectivity index (χ4v) is 5.22. The fraction of sp³-hybridized carbons (Fsp3) is 0.406. The smallest absolute Gasteiger partial charge is 0.319 e. The van der Waals surface area contributed by atoms with Crippen molar-refractivity contribution in [1.29, 1.82) is 0 Å². The molecular formula is C32H38O3. The summed E-state index contributed by atoms with van der Waals surface area (Å²) in [5.74, 6) is 0.987. The number of carbonyl (C=O) groups is 1. The summed E-state index contributed by atoms with van der Waals surface area (Å²) < 4.78 is 12.1. The topological polar surface area (TPSA) is 35.5 Å². The lowest BCUT2D eigenvalue weighted by Gasteiger charge is -2.34. The molecule has 3 aromatic rings. The van der Waals surface area contributed by atoms with Crippen molar-refractivity contribution in [2.75, 3.05) is 7.11 Å². The molecule has 184 valence electrons. The van der Waals surface area contributed by atoms with E-state index in [9.17, 15) is 4.79 Å². The Morgan fingerprint density at radius 1 is 0.829 bits per heavy atom. The predicted octanol–water partition coefficient (Wildman–Crippen LogP) is 7.71. The van der Waals surface area contributed by atoms with Crippen molar-refractivity contribution in [2.45, 2.75) is 77.0 Å². The number of benzene rings is 3. The van der Waals surface area contributed by atoms with Gasteiger partial charge in [-0.1, -0.05) is 96.1 Å². The first-order chi connectivity index (χ1) is 16.5. The summed E-state index contributed by atoms with van der Waals surface area (Å²) in [7, 11) is 1.68. The molecule has 1 aliphatic carbocycles. The van der Waals surface area contributed by atoms with Crippen LogP contribution >= 0.6 is 0 Å². The summed E-state index contributed by atoms with van der Waals surface area (Å²) in [4.78, 5) is 14.2. The third kappa shape index (κ3) is 5.15. The van der Waals surface area contributed by atoms with Crippen LogP contribution in [0.5, 0.6) is 11.5 Å². The minimum atomic E-state index is -0.356. The van der Waals surface area contributed by atoms with Gasteiger partial charge in [0.2, 0.25) is 0 Å². The number of hydrogen-bond donors (Lipinski definition) is 0. The Balaban J connectivity index is 1.85. The largest absolute Gasteiger partial charge is 0.497 e. The third-order valence-corrected chi connectivity index (χ3v) is 7.12. The quantitative estimate of drug-likeness (QED) is 0.289. The van der Waals surface area contributed by atoms with Crippen LogP contribution in [0.3, 0.4) is 0 Å². The van der Waals surface area contributed by atoms with Crippen LogP contribution in [-0.4, -0.2) is 13.1 Å². The Morgan fingerprint density at radius 2 is 1.40 bits per heavy atom. The molecule has 0 aliphatic heterocycles. The van der Waals surface area contributed by atoms with Gasteiger partial charge in [-0.3, -0.25) is 4.79 Å². The molecule has 0 spiro atoms. The van der Waals surface area contributed by atoms with Gasteiger partial charge in [0.1, 0.15) is 11.5 Å². The molecule has 0 aromatic heterocycles. The highest BCUT2D eigenvalue weighted by Crippen LogP contribution is 2.46. The normalized spacial score (nSPS) is 18.0. The Morgan fingerprint density at radius 3 is 1.97 bits per heavy atom. The molecule has 0 bridgehead atoms. The first-order valence-electron chi connectivity index (χ1n) is 12.6. The van der Waals surface area contributed by atoms with E-state index in [1.54, 1.807) is 7.11 Å². The van der Waals surface area contributed by atoms with Crippen molar-refractivity contribution >= 4 is 5.97 Å². The SMILES string of the molecule is COc1cc(C(C)(C)C)c(OC(=O)[C@@H]2c3ccccc3CC[C@@H]2c2ccccc2)c(C(C)(C)C)c1. The van der Waals surface area contributed by atoms with Crippen molar-refractivity contribution in [1.82, 2.24) is 0 Å². The lowest BCUT2D eigenvalue weighted by molar-refractivity contribution is -0.137. The van der Waals surface area contributed by atoms with Gasteiger partial charge >= 0.3 is 5.97 Å². The molecule has 0 saturated heterocycles. The molecule has 0 amide bonds. The number of rotatable bonds is 4. The summed E-state index contributed by atoms with van der Waals surface area (Å²) in [6, 6.07) is 22.8. The highest BCUT2D eigenvalue weighted by Gasteiger charge is 2.39. The second-order valence-electron chi connectivity index (χ2n) is 11.7. The number of fused-ring (bicyclic) bond motifs is 1. The van der Waals surface area contributed by atoms with Gasteiger partial charge < -0.3 is 9.47 Å². The summed E-state index contributed by atoms with van der Waals surface area (Å²) in [5, 5.41) is 0. The average Bonchev–Trinajstić information content (AvgIpc) is 2.82. The predicted molar refractivity (Wildman–Crippen MR) is 143 cm³/mol. The fourth-order valence-electron chi connectivity index (χ4n) is 5.22. The van der Waals surface area contributed by atoms with Crippen LogP contribution in [-0.2, 0) is 22.0 Å². The van der Waals surface area contributed by atoms with Gasteiger partial charge in [0.25, 0.3) is 0 Å². The van der Waals surface area contributed by atoms with E-state index in [4.69, 9.17) is 9.47 Å². The lowest BCUT2D eigenvalue weighted by atomic mass is 9.72. The molecule has 1 aliphatic rings. The average molecular weight is 471 g/mol. The Labute approximate surface area is 210 Å². The van der Waals surface area contributed by atoms with Crippen molar-refractivity contribution < 1.29 is 14.3 Å². The Kier molecular flexibility index (Phi) is 6.81. The molecule has 2 atom stereocenters. The number of carbonyl (C=O) groups excluding carboxylic acids is 1. The highest BCUT2D eigenvalue weighted by molar-refractivity contribution is 5.83. The molecule has 3 heteroatoms. The molecular weight excluding hydrogens is 432 g/mol. The van der Waals surface area contributed by atoms with Crippen LogP contribution in [0.1, 0.15) is 87.6 Å². The number of methoxy groups -OCH3 is 1. The minimum absolute atomic E-state index is 0.0769. The number of aryl methyl sites for hydroxylation is 1. The second-order valence-corrected chi connectivity index (χ2v) is 11.7. The zero-order valence-electron chi connectivity index (χ0n) is 22.1. The van der Waals surface area contributed by atoms with Crippen LogP contribution in [0, 0.1) is 0 Å². The molecule has 0 unspecified atom stereocenters. The standard InChI is InChI=1S/C32H38O3/c1-31(2,3)26-19-23(34-7)20-27(32(4,5)6)29(26)35-30(33)28-24-16-12-11-15-22(24)17-18-25(28)21-13-9-8-10-14-21/h8-16,19-20,25,28H,17-18H2,1-7H3/t25-,28-/m1/s1. The van der Waals surface area contributed by atoms with Crippen LogP contribution < -0.4 is 9.47 Å². The van der Waals surface area contributed by atoms with E-state index in [2.05, 4.69) is 84.0 Å². The van der Waals surface area contributed by atoms with Crippen LogP contribution in [0.2, 0.25) is 0 Å². The molecule has 3 aromatic carbocycles. The molecule has 3 nitrogen and oxygen atoms in total. The van der Waals surface area contributed by atoms with Gasteiger partial charge in [0.15, 0.2) is 0 Å².